The van der Waals surface area contributed by atoms with Crippen LogP contribution in [0.15, 0.2) is 194 Å². The Morgan fingerprint density at radius 1 is 0.255 bits per heavy atom. The van der Waals surface area contributed by atoms with Crippen LogP contribution in [0.4, 0.5) is 0 Å². The highest BCUT2D eigenvalue weighted by Crippen LogP contribution is 2.39. The van der Waals surface area contributed by atoms with Gasteiger partial charge in [-0.25, -0.2) is 0 Å². The zero-order chi connectivity index (χ0) is 37.5. The summed E-state index contributed by atoms with van der Waals surface area (Å²) in [7, 11) is -2.27. The molecule has 9 aromatic rings. The minimum atomic E-state index is -2.27. The Kier molecular flexibility index (Phi) is 9.04. The normalized spacial score (nSPS) is 12.0. The van der Waals surface area contributed by atoms with E-state index in [0.29, 0.717) is 11.1 Å². The molecule has 9 rings (SSSR count). The van der Waals surface area contributed by atoms with Gasteiger partial charge in [-0.15, -0.1) is 0 Å². The van der Waals surface area contributed by atoms with Crippen LogP contribution in [0.3, 0.4) is 0 Å². The molecular weight excluding hydrogens is 677 g/mol. The van der Waals surface area contributed by atoms with Crippen LogP contribution in [0, 0.1) is 0 Å². The van der Waals surface area contributed by atoms with Crippen molar-refractivity contribution >= 4 is 50.8 Å². The largest absolute Gasteiger partial charge is 0.123 e. The summed E-state index contributed by atoms with van der Waals surface area (Å²) in [5.41, 5.74) is 11.1. The van der Waals surface area contributed by atoms with Gasteiger partial charge in [0.2, 0.25) is 0 Å². The molecule has 0 saturated carbocycles. The van der Waals surface area contributed by atoms with Gasteiger partial charge in [0.15, 0.2) is 0 Å². The number of fused-ring (bicyclic) bond motifs is 6. The molecule has 0 atom stereocenters. The van der Waals surface area contributed by atoms with E-state index in [2.05, 4.69) is 222 Å². The molecule has 1 heteroatoms. The summed E-state index contributed by atoms with van der Waals surface area (Å²) in [6, 6.07) is 72.5. The first-order valence-corrected chi connectivity index (χ1v) is 21.9. The van der Waals surface area contributed by atoms with E-state index < -0.39 is 8.07 Å². The maximum atomic E-state index is 2.51. The summed E-state index contributed by atoms with van der Waals surface area (Å²) in [4.78, 5) is 0. The Morgan fingerprint density at radius 3 is 1.05 bits per heavy atom. The van der Waals surface area contributed by atoms with Gasteiger partial charge in [0, 0.05) is 0 Å². The average molecular weight is 723 g/mol. The van der Waals surface area contributed by atoms with E-state index in [1.807, 2.05) is 0 Å². The number of hydrogen-bond donors (Lipinski definition) is 0. The SMILES string of the molecule is CC(C)[Si](c1ccc(-c2ccc(-c3ccc4c5ccccc5c5ccccc5c4c3)cc2)cc1)(c1cc(-c2ccccc2)cc(-c2ccccc2)c1)C(C)C. The van der Waals surface area contributed by atoms with Gasteiger partial charge in [-0.1, -0.05) is 220 Å². The molecule has 0 nitrogen and oxygen atoms in total. The average Bonchev–Trinajstić information content (AvgIpc) is 3.24. The van der Waals surface area contributed by atoms with Crippen LogP contribution in [0.1, 0.15) is 27.7 Å². The molecule has 0 fully saturated rings. The predicted octanol–water partition coefficient (Wildman–Crippen LogP) is 14.2. The van der Waals surface area contributed by atoms with E-state index in [0.717, 1.165) is 0 Å². The molecular formula is C54H46Si. The lowest BCUT2D eigenvalue weighted by Crippen LogP contribution is -2.62. The van der Waals surface area contributed by atoms with Crippen LogP contribution >= 0.6 is 0 Å². The van der Waals surface area contributed by atoms with Gasteiger partial charge >= 0.3 is 0 Å². The summed E-state index contributed by atoms with van der Waals surface area (Å²) in [6.07, 6.45) is 0. The van der Waals surface area contributed by atoms with Crippen molar-refractivity contribution < 1.29 is 0 Å². The highest BCUT2D eigenvalue weighted by atomic mass is 28.3. The Labute approximate surface area is 326 Å². The first kappa shape index (κ1) is 34.7. The van der Waals surface area contributed by atoms with Crippen LogP contribution in [-0.2, 0) is 0 Å². The van der Waals surface area contributed by atoms with Gasteiger partial charge in [-0.2, -0.15) is 0 Å². The second-order valence-electron chi connectivity index (χ2n) is 15.7. The lowest BCUT2D eigenvalue weighted by atomic mass is 9.92. The monoisotopic (exact) mass is 722 g/mol. The Balaban J connectivity index is 1.09. The molecule has 0 bridgehead atoms. The molecule has 0 aliphatic carbocycles. The van der Waals surface area contributed by atoms with Crippen LogP contribution < -0.4 is 10.4 Å². The molecule has 0 aliphatic heterocycles. The third-order valence-electron chi connectivity index (χ3n) is 12.1. The molecule has 9 aromatic carbocycles. The Bertz CT molecular complexity index is 2680. The van der Waals surface area contributed by atoms with Crippen molar-refractivity contribution in [2.24, 2.45) is 0 Å². The van der Waals surface area contributed by atoms with Gasteiger partial charge < -0.3 is 0 Å². The van der Waals surface area contributed by atoms with Crippen LogP contribution in [0.2, 0.25) is 11.1 Å². The fourth-order valence-electron chi connectivity index (χ4n) is 9.51. The summed E-state index contributed by atoms with van der Waals surface area (Å²) < 4.78 is 0. The molecule has 0 saturated heterocycles. The van der Waals surface area contributed by atoms with E-state index in [1.54, 1.807) is 0 Å². The quantitative estimate of drug-likeness (QED) is 0.108. The molecule has 0 heterocycles. The molecule has 0 amide bonds. The summed E-state index contributed by atoms with van der Waals surface area (Å²) in [5, 5.41) is 10.9. The lowest BCUT2D eigenvalue weighted by molar-refractivity contribution is 0.928. The molecule has 0 unspecified atom stereocenters. The van der Waals surface area contributed by atoms with Crippen molar-refractivity contribution in [2.45, 2.75) is 38.8 Å². The fourth-order valence-corrected chi connectivity index (χ4v) is 15.3. The van der Waals surface area contributed by atoms with Crippen molar-refractivity contribution in [1.29, 1.82) is 0 Å². The van der Waals surface area contributed by atoms with E-state index in [1.165, 1.54) is 87.2 Å². The molecule has 0 aromatic heterocycles. The highest BCUT2D eigenvalue weighted by molar-refractivity contribution is 7.04. The molecule has 0 spiro atoms. The predicted molar refractivity (Wildman–Crippen MR) is 242 cm³/mol. The molecule has 0 N–H and O–H groups in total. The van der Waals surface area contributed by atoms with E-state index in [9.17, 15) is 0 Å². The minimum Gasteiger partial charge on any atom is -0.0645 e. The third-order valence-corrected chi connectivity index (χ3v) is 18.3. The van der Waals surface area contributed by atoms with Crippen molar-refractivity contribution in [3.05, 3.63) is 194 Å². The molecule has 55 heavy (non-hydrogen) atoms. The van der Waals surface area contributed by atoms with Gasteiger partial charge in [-0.3, -0.25) is 0 Å². The zero-order valence-electron chi connectivity index (χ0n) is 32.1. The number of hydrogen-bond acceptors (Lipinski definition) is 0. The van der Waals surface area contributed by atoms with Gasteiger partial charge in [0.25, 0.3) is 0 Å². The van der Waals surface area contributed by atoms with E-state index >= 15 is 0 Å². The van der Waals surface area contributed by atoms with Crippen molar-refractivity contribution in [3.63, 3.8) is 0 Å². The standard InChI is InChI=1S/C54H46Si/c1-37(2)55(38(3)4,48-34-45(39-15-7-5-8-16-39)33-46(35-48)40-17-9-6-10-18-40)47-30-27-42(28-31-47)41-23-25-43(26-24-41)44-29-32-53-51-21-12-11-19-49(51)50-20-13-14-22-52(50)54(53)36-44/h5-38H,1-4H3. The van der Waals surface area contributed by atoms with Gasteiger partial charge in [0.05, 0.1) is 0 Å². The maximum absolute atomic E-state index is 2.51. The third kappa shape index (κ3) is 6.10. The molecule has 266 valence electrons. The van der Waals surface area contributed by atoms with E-state index in [4.69, 9.17) is 0 Å². The fraction of sp³-hybridized carbons (Fsp3) is 0.111. The topological polar surface area (TPSA) is 0 Å². The van der Waals surface area contributed by atoms with Crippen molar-refractivity contribution in [1.82, 2.24) is 0 Å². The van der Waals surface area contributed by atoms with Gasteiger partial charge in [0.1, 0.15) is 8.07 Å². The number of benzene rings is 9. The highest BCUT2D eigenvalue weighted by Gasteiger charge is 2.43. The van der Waals surface area contributed by atoms with Crippen molar-refractivity contribution in [2.75, 3.05) is 0 Å². The Hall–Kier alpha value is -6.02. The summed E-state index contributed by atoms with van der Waals surface area (Å²) in [5.74, 6) is 0. The smallest absolute Gasteiger partial charge is 0.0645 e. The Morgan fingerprint density at radius 2 is 0.600 bits per heavy atom. The second-order valence-corrected chi connectivity index (χ2v) is 20.9. The number of rotatable bonds is 8. The van der Waals surface area contributed by atoms with Gasteiger partial charge in [-0.05, 0) is 100 Å². The first-order chi connectivity index (χ1) is 26.9. The first-order valence-electron chi connectivity index (χ1n) is 19.7. The van der Waals surface area contributed by atoms with Crippen molar-refractivity contribution in [3.8, 4) is 44.5 Å². The molecule has 0 aliphatic rings. The second kappa shape index (κ2) is 14.3. The lowest BCUT2D eigenvalue weighted by Gasteiger charge is -2.41. The van der Waals surface area contributed by atoms with Crippen LogP contribution in [-0.4, -0.2) is 8.07 Å². The zero-order valence-corrected chi connectivity index (χ0v) is 33.1. The molecule has 0 radical (unpaired) electrons. The maximum Gasteiger partial charge on any atom is 0.123 e. The van der Waals surface area contributed by atoms with Crippen LogP contribution in [0.5, 0.6) is 0 Å². The summed E-state index contributed by atoms with van der Waals surface area (Å²) in [6.45, 7) is 9.81. The summed E-state index contributed by atoms with van der Waals surface area (Å²) >= 11 is 0. The van der Waals surface area contributed by atoms with Crippen LogP contribution in [0.25, 0.3) is 76.8 Å². The minimum absolute atomic E-state index is 0.504. The van der Waals surface area contributed by atoms with E-state index in [-0.39, 0.29) is 0 Å².